The lowest BCUT2D eigenvalue weighted by Crippen LogP contribution is -2.42. The summed E-state index contributed by atoms with van der Waals surface area (Å²) in [6.45, 7) is 5.79. The van der Waals surface area contributed by atoms with Crippen LogP contribution in [0.5, 0.6) is 5.75 Å². The third kappa shape index (κ3) is 3.99. The third-order valence-electron chi connectivity index (χ3n) is 4.46. The summed E-state index contributed by atoms with van der Waals surface area (Å²) in [5.74, 6) is 2.39. The van der Waals surface area contributed by atoms with Gasteiger partial charge in [-0.25, -0.2) is 0 Å². The monoisotopic (exact) mass is 344 g/mol. The summed E-state index contributed by atoms with van der Waals surface area (Å²) >= 11 is 0. The van der Waals surface area contributed by atoms with Gasteiger partial charge in [0.25, 0.3) is 5.91 Å². The number of methoxy groups -OCH3 is 1. The molecule has 1 atom stereocenters. The SMILES string of the molecule is COCc1nnc2n1CCN(C(=O)COc1ccc(C)cc1)[C@@H](C)C2. The molecule has 1 aromatic carbocycles. The average Bonchev–Trinajstić information content (AvgIpc) is 2.88. The van der Waals surface area contributed by atoms with Crippen molar-refractivity contribution >= 4 is 5.91 Å². The molecule has 2 heterocycles. The molecule has 7 nitrogen and oxygen atoms in total. The van der Waals surface area contributed by atoms with Gasteiger partial charge in [-0.2, -0.15) is 0 Å². The smallest absolute Gasteiger partial charge is 0.260 e. The van der Waals surface area contributed by atoms with Gasteiger partial charge < -0.3 is 18.9 Å². The molecular weight excluding hydrogens is 320 g/mol. The number of carbonyl (C=O) groups is 1. The third-order valence-corrected chi connectivity index (χ3v) is 4.46. The van der Waals surface area contributed by atoms with Crippen LogP contribution in [0.1, 0.15) is 24.1 Å². The predicted octanol–water partition coefficient (Wildman–Crippen LogP) is 1.59. The molecule has 0 saturated carbocycles. The molecule has 0 spiro atoms. The molecule has 0 saturated heterocycles. The number of ether oxygens (including phenoxy) is 2. The Labute approximate surface area is 147 Å². The van der Waals surface area contributed by atoms with Gasteiger partial charge >= 0.3 is 0 Å². The van der Waals surface area contributed by atoms with E-state index in [0.717, 1.165) is 17.2 Å². The van der Waals surface area contributed by atoms with E-state index < -0.39 is 0 Å². The Morgan fingerprint density at radius 2 is 2.00 bits per heavy atom. The van der Waals surface area contributed by atoms with Crippen LogP contribution >= 0.6 is 0 Å². The van der Waals surface area contributed by atoms with Crippen LogP contribution in [-0.2, 0) is 29.1 Å². The molecule has 0 fully saturated rings. The first-order valence-corrected chi connectivity index (χ1v) is 8.47. The number of benzene rings is 1. The van der Waals surface area contributed by atoms with Crippen LogP contribution in [0.15, 0.2) is 24.3 Å². The number of rotatable bonds is 5. The summed E-state index contributed by atoms with van der Waals surface area (Å²) in [5.41, 5.74) is 1.16. The minimum absolute atomic E-state index is 0.0138. The molecular formula is C18H24N4O3. The maximum atomic E-state index is 12.6. The van der Waals surface area contributed by atoms with E-state index in [1.165, 1.54) is 0 Å². The van der Waals surface area contributed by atoms with Gasteiger partial charge in [0, 0.05) is 32.7 Å². The number of fused-ring (bicyclic) bond motifs is 1. The number of aromatic nitrogens is 3. The topological polar surface area (TPSA) is 69.5 Å². The Morgan fingerprint density at radius 3 is 2.72 bits per heavy atom. The number of hydrogen-bond donors (Lipinski definition) is 0. The van der Waals surface area contributed by atoms with Crippen molar-refractivity contribution in [3.63, 3.8) is 0 Å². The van der Waals surface area contributed by atoms with Crippen molar-refractivity contribution < 1.29 is 14.3 Å². The van der Waals surface area contributed by atoms with Crippen molar-refractivity contribution in [3.05, 3.63) is 41.5 Å². The fourth-order valence-corrected chi connectivity index (χ4v) is 3.05. The van der Waals surface area contributed by atoms with E-state index in [1.54, 1.807) is 7.11 Å². The number of aryl methyl sites for hydroxylation is 1. The highest BCUT2D eigenvalue weighted by atomic mass is 16.5. The van der Waals surface area contributed by atoms with Gasteiger partial charge in [0.2, 0.25) is 0 Å². The molecule has 1 amide bonds. The maximum Gasteiger partial charge on any atom is 0.260 e. The van der Waals surface area contributed by atoms with Crippen LogP contribution in [0, 0.1) is 6.92 Å². The van der Waals surface area contributed by atoms with Crippen LogP contribution < -0.4 is 4.74 Å². The second-order valence-corrected chi connectivity index (χ2v) is 6.36. The first-order chi connectivity index (χ1) is 12.1. The standard InChI is InChI=1S/C18H24N4O3/c1-13-4-6-15(7-5-13)25-12-18(23)21-8-9-22-16(10-14(21)2)19-20-17(22)11-24-3/h4-7,14H,8-12H2,1-3H3/t14-/m0/s1. The molecule has 0 radical (unpaired) electrons. The quantitative estimate of drug-likeness (QED) is 0.824. The maximum absolute atomic E-state index is 12.6. The highest BCUT2D eigenvalue weighted by Crippen LogP contribution is 2.16. The fraction of sp³-hybridized carbons (Fsp3) is 0.500. The van der Waals surface area contributed by atoms with Gasteiger partial charge in [-0.05, 0) is 26.0 Å². The number of amides is 1. The van der Waals surface area contributed by atoms with E-state index in [2.05, 4.69) is 10.2 Å². The van der Waals surface area contributed by atoms with Crippen molar-refractivity contribution in [2.75, 3.05) is 20.3 Å². The molecule has 0 N–H and O–H groups in total. The predicted molar refractivity (Wildman–Crippen MR) is 92.3 cm³/mol. The Balaban J connectivity index is 1.62. The molecule has 0 bridgehead atoms. The molecule has 3 rings (SSSR count). The summed E-state index contributed by atoms with van der Waals surface area (Å²) in [6.07, 6.45) is 0.674. The van der Waals surface area contributed by atoms with Crippen molar-refractivity contribution in [3.8, 4) is 5.75 Å². The highest BCUT2D eigenvalue weighted by Gasteiger charge is 2.27. The lowest BCUT2D eigenvalue weighted by Gasteiger charge is -2.26. The fourth-order valence-electron chi connectivity index (χ4n) is 3.05. The summed E-state index contributed by atoms with van der Waals surface area (Å²) in [5, 5.41) is 8.42. The summed E-state index contributed by atoms with van der Waals surface area (Å²) < 4.78 is 12.9. The van der Waals surface area contributed by atoms with Gasteiger partial charge in [0.05, 0.1) is 0 Å². The van der Waals surface area contributed by atoms with Gasteiger partial charge in [-0.15, -0.1) is 10.2 Å². The van der Waals surface area contributed by atoms with Crippen LogP contribution in [0.3, 0.4) is 0 Å². The molecule has 0 aliphatic carbocycles. The van der Waals surface area contributed by atoms with Crippen molar-refractivity contribution in [1.29, 1.82) is 0 Å². The Morgan fingerprint density at radius 1 is 1.24 bits per heavy atom. The zero-order chi connectivity index (χ0) is 17.8. The van der Waals surface area contributed by atoms with E-state index in [0.29, 0.717) is 31.9 Å². The first kappa shape index (κ1) is 17.4. The zero-order valence-corrected chi connectivity index (χ0v) is 14.9. The van der Waals surface area contributed by atoms with Gasteiger partial charge in [-0.1, -0.05) is 17.7 Å². The van der Waals surface area contributed by atoms with Crippen LogP contribution in [0.4, 0.5) is 0 Å². The lowest BCUT2D eigenvalue weighted by atomic mass is 10.2. The van der Waals surface area contributed by atoms with E-state index in [4.69, 9.17) is 9.47 Å². The molecule has 1 aliphatic rings. The molecule has 25 heavy (non-hydrogen) atoms. The zero-order valence-electron chi connectivity index (χ0n) is 14.9. The minimum atomic E-state index is -0.0138. The first-order valence-electron chi connectivity index (χ1n) is 8.47. The molecule has 0 unspecified atom stereocenters. The minimum Gasteiger partial charge on any atom is -0.484 e. The second kappa shape index (κ2) is 7.65. The lowest BCUT2D eigenvalue weighted by molar-refractivity contribution is -0.135. The van der Waals surface area contributed by atoms with E-state index in [-0.39, 0.29) is 18.6 Å². The second-order valence-electron chi connectivity index (χ2n) is 6.36. The van der Waals surface area contributed by atoms with Gasteiger partial charge in [0.15, 0.2) is 12.4 Å². The highest BCUT2D eigenvalue weighted by molar-refractivity contribution is 5.78. The Bertz CT molecular complexity index is 726. The Kier molecular flexibility index (Phi) is 5.33. The number of hydrogen-bond acceptors (Lipinski definition) is 5. The summed E-state index contributed by atoms with van der Waals surface area (Å²) in [7, 11) is 1.64. The molecule has 134 valence electrons. The van der Waals surface area contributed by atoms with E-state index in [9.17, 15) is 4.79 Å². The van der Waals surface area contributed by atoms with Crippen molar-refractivity contribution in [2.24, 2.45) is 0 Å². The average molecular weight is 344 g/mol. The summed E-state index contributed by atoms with van der Waals surface area (Å²) in [6, 6.07) is 7.75. The number of nitrogens with zero attached hydrogens (tertiary/aromatic N) is 4. The Hall–Kier alpha value is -2.41. The molecule has 1 aromatic heterocycles. The molecule has 7 heteroatoms. The van der Waals surface area contributed by atoms with Gasteiger partial charge in [0.1, 0.15) is 18.2 Å². The van der Waals surface area contributed by atoms with Crippen molar-refractivity contribution in [1.82, 2.24) is 19.7 Å². The van der Waals surface area contributed by atoms with Crippen LogP contribution in [0.25, 0.3) is 0 Å². The van der Waals surface area contributed by atoms with Crippen molar-refractivity contribution in [2.45, 2.75) is 39.5 Å². The van der Waals surface area contributed by atoms with Gasteiger partial charge in [-0.3, -0.25) is 4.79 Å². The molecule has 2 aromatic rings. The van der Waals surface area contributed by atoms with Crippen LogP contribution in [0.2, 0.25) is 0 Å². The largest absolute Gasteiger partial charge is 0.484 e. The number of carbonyl (C=O) groups excluding carboxylic acids is 1. The van der Waals surface area contributed by atoms with Crippen LogP contribution in [-0.4, -0.2) is 51.9 Å². The van der Waals surface area contributed by atoms with E-state index in [1.807, 2.05) is 47.6 Å². The summed E-state index contributed by atoms with van der Waals surface area (Å²) in [4.78, 5) is 14.5. The normalized spacial score (nSPS) is 17.1. The van der Waals surface area contributed by atoms with E-state index >= 15 is 0 Å². The molecule has 1 aliphatic heterocycles.